The van der Waals surface area contributed by atoms with Gasteiger partial charge in [-0.05, 0) is 23.8 Å². The molecule has 3 nitrogen and oxygen atoms in total. The fourth-order valence-electron chi connectivity index (χ4n) is 1.52. The first-order valence-electron chi connectivity index (χ1n) is 5.44. The quantitative estimate of drug-likeness (QED) is 0.516. The highest BCUT2D eigenvalue weighted by molar-refractivity contribution is 7.98. The van der Waals surface area contributed by atoms with E-state index < -0.39 is 5.82 Å². The van der Waals surface area contributed by atoms with Crippen LogP contribution in [0.2, 0.25) is 5.02 Å². The van der Waals surface area contributed by atoms with Gasteiger partial charge in [-0.3, -0.25) is 5.41 Å². The van der Waals surface area contributed by atoms with Gasteiger partial charge >= 0.3 is 0 Å². The normalized spacial score (nSPS) is 10.4. The summed E-state index contributed by atoms with van der Waals surface area (Å²) in [6.07, 6.45) is 1.64. The third-order valence-corrected chi connectivity index (χ3v) is 3.93. The van der Waals surface area contributed by atoms with E-state index in [2.05, 4.69) is 4.98 Å². The number of aromatic nitrogens is 1. The number of benzene rings is 1. The SMILES string of the molecule is N=C(N)c1cccc(CSc2ncccc2Cl)c1F. The number of amidine groups is 1. The van der Waals surface area contributed by atoms with Crippen molar-refractivity contribution in [3.8, 4) is 0 Å². The zero-order chi connectivity index (χ0) is 13.8. The third-order valence-electron chi connectivity index (χ3n) is 2.46. The van der Waals surface area contributed by atoms with Crippen LogP contribution >= 0.6 is 23.4 Å². The first kappa shape index (κ1) is 13.8. The van der Waals surface area contributed by atoms with Crippen LogP contribution in [0.5, 0.6) is 0 Å². The van der Waals surface area contributed by atoms with Gasteiger partial charge in [-0.25, -0.2) is 9.37 Å². The van der Waals surface area contributed by atoms with Gasteiger partial charge in [-0.15, -0.1) is 11.8 Å². The molecule has 0 saturated carbocycles. The Bertz CT molecular complexity index is 619. The Morgan fingerprint density at radius 3 is 2.84 bits per heavy atom. The van der Waals surface area contributed by atoms with Gasteiger partial charge in [0.05, 0.1) is 10.6 Å². The highest BCUT2D eigenvalue weighted by Gasteiger charge is 2.11. The molecule has 98 valence electrons. The van der Waals surface area contributed by atoms with Crippen molar-refractivity contribution in [3.05, 3.63) is 58.5 Å². The number of pyridine rings is 1. The zero-order valence-corrected chi connectivity index (χ0v) is 11.4. The zero-order valence-electron chi connectivity index (χ0n) is 9.86. The molecule has 0 aliphatic heterocycles. The standard InChI is InChI=1S/C13H11ClFN3S/c14-10-5-2-6-18-13(10)19-7-8-3-1-4-9(11(8)15)12(16)17/h1-6H,7H2,(H3,16,17). The first-order chi connectivity index (χ1) is 9.09. The maximum atomic E-state index is 14.0. The van der Waals surface area contributed by atoms with E-state index in [9.17, 15) is 4.39 Å². The molecule has 0 spiro atoms. The lowest BCUT2D eigenvalue weighted by Crippen LogP contribution is -2.14. The maximum absolute atomic E-state index is 14.0. The predicted octanol–water partition coefficient (Wildman–Crippen LogP) is 3.45. The molecule has 0 bridgehead atoms. The number of nitrogens with zero attached hydrogens (tertiary/aromatic N) is 1. The minimum absolute atomic E-state index is 0.116. The van der Waals surface area contributed by atoms with Crippen LogP contribution in [0, 0.1) is 11.2 Å². The van der Waals surface area contributed by atoms with E-state index in [1.165, 1.54) is 17.8 Å². The lowest BCUT2D eigenvalue weighted by atomic mass is 10.1. The number of hydrogen-bond acceptors (Lipinski definition) is 3. The van der Waals surface area contributed by atoms with Crippen LogP contribution in [-0.2, 0) is 5.75 Å². The predicted molar refractivity (Wildman–Crippen MR) is 76.2 cm³/mol. The fourth-order valence-corrected chi connectivity index (χ4v) is 2.66. The number of halogens is 2. The molecule has 0 fully saturated rings. The highest BCUT2D eigenvalue weighted by Crippen LogP contribution is 2.28. The van der Waals surface area contributed by atoms with Crippen LogP contribution < -0.4 is 5.73 Å². The summed E-state index contributed by atoms with van der Waals surface area (Å²) in [6, 6.07) is 8.30. The summed E-state index contributed by atoms with van der Waals surface area (Å²) in [5.74, 6) is -0.362. The summed E-state index contributed by atoms with van der Waals surface area (Å²) < 4.78 is 14.0. The minimum atomic E-state index is -0.463. The Labute approximate surface area is 119 Å². The van der Waals surface area contributed by atoms with Gasteiger partial charge in [0.2, 0.25) is 0 Å². The number of thioether (sulfide) groups is 1. The summed E-state index contributed by atoms with van der Waals surface area (Å²) in [5.41, 5.74) is 5.91. The monoisotopic (exact) mass is 295 g/mol. The van der Waals surface area contributed by atoms with Gasteiger partial charge in [0.1, 0.15) is 16.7 Å². The van der Waals surface area contributed by atoms with E-state index >= 15 is 0 Å². The summed E-state index contributed by atoms with van der Waals surface area (Å²) in [6.45, 7) is 0. The largest absolute Gasteiger partial charge is 0.384 e. The molecule has 0 aliphatic carbocycles. The van der Waals surface area contributed by atoms with E-state index in [-0.39, 0.29) is 11.4 Å². The molecule has 2 aromatic rings. The second kappa shape index (κ2) is 6.04. The minimum Gasteiger partial charge on any atom is -0.384 e. The smallest absolute Gasteiger partial charge is 0.138 e. The molecule has 0 atom stereocenters. The molecule has 1 aromatic carbocycles. The van der Waals surface area contributed by atoms with Crippen molar-refractivity contribution in [1.82, 2.24) is 4.98 Å². The van der Waals surface area contributed by atoms with Gasteiger partial charge in [0.25, 0.3) is 0 Å². The van der Waals surface area contributed by atoms with Crippen LogP contribution in [0.15, 0.2) is 41.6 Å². The summed E-state index contributed by atoms with van der Waals surface area (Å²) in [7, 11) is 0. The number of nitrogens with one attached hydrogen (secondary N) is 1. The van der Waals surface area contributed by atoms with Gasteiger partial charge in [0, 0.05) is 11.9 Å². The Morgan fingerprint density at radius 2 is 2.16 bits per heavy atom. The molecule has 2 rings (SSSR count). The Hall–Kier alpha value is -1.59. The molecule has 1 aromatic heterocycles. The van der Waals surface area contributed by atoms with Crippen LogP contribution in [0.25, 0.3) is 0 Å². The molecular formula is C13H11ClFN3S. The summed E-state index contributed by atoms with van der Waals surface area (Å²) in [4.78, 5) is 4.12. The maximum Gasteiger partial charge on any atom is 0.138 e. The number of nitrogen functional groups attached to an aromatic ring is 1. The van der Waals surface area contributed by atoms with Crippen molar-refractivity contribution in [2.45, 2.75) is 10.8 Å². The molecular weight excluding hydrogens is 285 g/mol. The van der Waals surface area contributed by atoms with E-state index in [0.29, 0.717) is 21.4 Å². The Kier molecular flexibility index (Phi) is 4.39. The highest BCUT2D eigenvalue weighted by atomic mass is 35.5. The van der Waals surface area contributed by atoms with Gasteiger partial charge < -0.3 is 5.73 Å². The van der Waals surface area contributed by atoms with E-state index in [0.717, 1.165) is 0 Å². The third kappa shape index (κ3) is 3.24. The van der Waals surface area contributed by atoms with Crippen molar-refractivity contribution in [3.63, 3.8) is 0 Å². The van der Waals surface area contributed by atoms with E-state index in [1.807, 2.05) is 0 Å². The molecule has 0 aliphatic rings. The molecule has 0 radical (unpaired) electrons. The topological polar surface area (TPSA) is 62.8 Å². The Balaban J connectivity index is 2.19. The van der Waals surface area contributed by atoms with Gasteiger partial charge in [-0.2, -0.15) is 0 Å². The van der Waals surface area contributed by atoms with Gasteiger partial charge in [-0.1, -0.05) is 23.7 Å². The molecule has 19 heavy (non-hydrogen) atoms. The molecule has 0 unspecified atom stereocenters. The summed E-state index contributed by atoms with van der Waals surface area (Å²) >= 11 is 7.32. The number of nitrogens with two attached hydrogens (primary N) is 1. The van der Waals surface area contributed by atoms with Crippen molar-refractivity contribution in [2.24, 2.45) is 5.73 Å². The number of rotatable bonds is 4. The Morgan fingerprint density at radius 1 is 1.37 bits per heavy atom. The second-order valence-corrected chi connectivity index (χ2v) is 5.14. The van der Waals surface area contributed by atoms with Crippen molar-refractivity contribution in [1.29, 1.82) is 5.41 Å². The fraction of sp³-hybridized carbons (Fsp3) is 0.0769. The molecule has 3 N–H and O–H groups in total. The lowest BCUT2D eigenvalue weighted by Gasteiger charge is -2.07. The first-order valence-corrected chi connectivity index (χ1v) is 6.81. The second-order valence-electron chi connectivity index (χ2n) is 3.77. The molecule has 0 amide bonds. The average molecular weight is 296 g/mol. The summed E-state index contributed by atoms with van der Waals surface area (Å²) in [5, 5.41) is 8.49. The van der Waals surface area contributed by atoms with Crippen molar-refractivity contribution in [2.75, 3.05) is 0 Å². The number of hydrogen-bond donors (Lipinski definition) is 2. The molecule has 6 heteroatoms. The molecule has 0 saturated heterocycles. The van der Waals surface area contributed by atoms with Crippen LogP contribution in [0.3, 0.4) is 0 Å². The van der Waals surface area contributed by atoms with Crippen LogP contribution in [0.4, 0.5) is 4.39 Å². The van der Waals surface area contributed by atoms with Gasteiger partial charge in [0.15, 0.2) is 0 Å². The van der Waals surface area contributed by atoms with Crippen molar-refractivity contribution < 1.29 is 4.39 Å². The van der Waals surface area contributed by atoms with Crippen molar-refractivity contribution >= 4 is 29.2 Å². The van der Waals surface area contributed by atoms with Crippen LogP contribution in [-0.4, -0.2) is 10.8 Å². The average Bonchev–Trinajstić information content (AvgIpc) is 2.39. The lowest BCUT2D eigenvalue weighted by molar-refractivity contribution is 0.614. The van der Waals surface area contributed by atoms with Crippen LogP contribution in [0.1, 0.15) is 11.1 Å². The van der Waals surface area contributed by atoms with E-state index in [1.54, 1.807) is 30.5 Å². The van der Waals surface area contributed by atoms with E-state index in [4.69, 9.17) is 22.7 Å². The molecule has 1 heterocycles.